The van der Waals surface area contributed by atoms with Gasteiger partial charge in [-0.2, -0.15) is 0 Å². The van der Waals surface area contributed by atoms with Crippen LogP contribution in [0.4, 0.5) is 5.82 Å². The van der Waals surface area contributed by atoms with Gasteiger partial charge in [0.1, 0.15) is 11.6 Å². The predicted octanol–water partition coefficient (Wildman–Crippen LogP) is 1.94. The van der Waals surface area contributed by atoms with Crippen LogP contribution in [0.1, 0.15) is 38.2 Å². The van der Waals surface area contributed by atoms with Gasteiger partial charge in [-0.1, -0.05) is 20.8 Å². The van der Waals surface area contributed by atoms with Crippen molar-refractivity contribution in [2.45, 2.75) is 33.6 Å². The van der Waals surface area contributed by atoms with Crippen LogP contribution in [0.25, 0.3) is 0 Å². The predicted molar refractivity (Wildman–Crippen MR) is 72.3 cm³/mol. The van der Waals surface area contributed by atoms with Crippen molar-refractivity contribution in [3.8, 4) is 0 Å². The Balaban J connectivity index is 2.89. The minimum atomic E-state index is 0.356. The Morgan fingerprint density at radius 2 is 1.94 bits per heavy atom. The normalized spacial score (nSPS) is 12.9. The monoisotopic (exact) mass is 236 g/mol. The van der Waals surface area contributed by atoms with Crippen LogP contribution in [-0.2, 0) is 0 Å². The van der Waals surface area contributed by atoms with E-state index in [-0.39, 0.29) is 0 Å². The van der Waals surface area contributed by atoms with Gasteiger partial charge in [-0.3, -0.25) is 0 Å². The molecule has 96 valence electrons. The molecule has 1 unspecified atom stereocenters. The Kier molecular flexibility index (Phi) is 4.87. The first kappa shape index (κ1) is 13.9. The molecular weight excluding hydrogens is 212 g/mol. The van der Waals surface area contributed by atoms with E-state index in [0.29, 0.717) is 18.4 Å². The second-order valence-corrected chi connectivity index (χ2v) is 5.10. The molecule has 1 heterocycles. The molecule has 2 N–H and O–H groups in total. The van der Waals surface area contributed by atoms with Gasteiger partial charge in [-0.15, -0.1) is 0 Å². The van der Waals surface area contributed by atoms with Crippen molar-refractivity contribution >= 4 is 5.82 Å². The zero-order chi connectivity index (χ0) is 13.0. The highest BCUT2D eigenvalue weighted by atomic mass is 15.2. The number of anilines is 1. The molecule has 0 amide bonds. The average Bonchev–Trinajstić information content (AvgIpc) is 2.27. The molecule has 0 fully saturated rings. The van der Waals surface area contributed by atoms with Gasteiger partial charge in [0.05, 0.1) is 0 Å². The number of aromatic nitrogens is 2. The standard InChI is InChI=1S/C13H24N4/c1-9(2)13-15-11(4)6-12(16-13)17(5)8-10(3)7-14/h6,9-10H,7-8,14H2,1-5H3. The lowest BCUT2D eigenvalue weighted by molar-refractivity contribution is 0.585. The van der Waals surface area contributed by atoms with E-state index in [1.165, 1.54) is 0 Å². The van der Waals surface area contributed by atoms with E-state index in [9.17, 15) is 0 Å². The van der Waals surface area contributed by atoms with Crippen molar-refractivity contribution < 1.29 is 0 Å². The summed E-state index contributed by atoms with van der Waals surface area (Å²) in [6, 6.07) is 2.02. The average molecular weight is 236 g/mol. The van der Waals surface area contributed by atoms with Crippen molar-refractivity contribution in [3.63, 3.8) is 0 Å². The highest BCUT2D eigenvalue weighted by Crippen LogP contribution is 2.16. The summed E-state index contributed by atoms with van der Waals surface area (Å²) in [6.07, 6.45) is 0. The van der Waals surface area contributed by atoms with E-state index in [1.807, 2.05) is 13.0 Å². The maximum Gasteiger partial charge on any atom is 0.133 e. The van der Waals surface area contributed by atoms with Crippen LogP contribution in [0.3, 0.4) is 0 Å². The van der Waals surface area contributed by atoms with Crippen LogP contribution in [0.2, 0.25) is 0 Å². The van der Waals surface area contributed by atoms with Gasteiger partial charge in [-0.05, 0) is 19.4 Å². The summed E-state index contributed by atoms with van der Waals surface area (Å²) in [6.45, 7) is 10.0. The van der Waals surface area contributed by atoms with Crippen LogP contribution in [0, 0.1) is 12.8 Å². The molecule has 1 aromatic heterocycles. The topological polar surface area (TPSA) is 55.0 Å². The number of rotatable bonds is 5. The molecule has 1 atom stereocenters. The van der Waals surface area contributed by atoms with E-state index in [4.69, 9.17) is 5.73 Å². The summed E-state index contributed by atoms with van der Waals surface area (Å²) in [5, 5.41) is 0. The third-order valence-corrected chi connectivity index (χ3v) is 2.75. The summed E-state index contributed by atoms with van der Waals surface area (Å²) in [5.41, 5.74) is 6.67. The smallest absolute Gasteiger partial charge is 0.133 e. The van der Waals surface area contributed by atoms with E-state index in [0.717, 1.165) is 23.9 Å². The Morgan fingerprint density at radius 3 is 2.47 bits per heavy atom. The zero-order valence-electron chi connectivity index (χ0n) is 11.6. The largest absolute Gasteiger partial charge is 0.359 e. The first-order chi connectivity index (χ1) is 7.93. The number of nitrogens with zero attached hydrogens (tertiary/aromatic N) is 3. The molecule has 1 rings (SSSR count). The van der Waals surface area contributed by atoms with E-state index in [2.05, 4.69) is 42.7 Å². The molecule has 0 aliphatic carbocycles. The van der Waals surface area contributed by atoms with Gasteiger partial charge >= 0.3 is 0 Å². The van der Waals surface area contributed by atoms with Crippen molar-refractivity contribution in [2.75, 3.05) is 25.0 Å². The first-order valence-electron chi connectivity index (χ1n) is 6.20. The van der Waals surface area contributed by atoms with Crippen LogP contribution >= 0.6 is 0 Å². The second kappa shape index (κ2) is 5.96. The lowest BCUT2D eigenvalue weighted by Gasteiger charge is -2.22. The lowest BCUT2D eigenvalue weighted by atomic mass is 10.1. The van der Waals surface area contributed by atoms with Crippen LogP contribution < -0.4 is 10.6 Å². The fourth-order valence-electron chi connectivity index (χ4n) is 1.66. The third-order valence-electron chi connectivity index (χ3n) is 2.75. The van der Waals surface area contributed by atoms with Crippen molar-refractivity contribution in [1.82, 2.24) is 9.97 Å². The maximum atomic E-state index is 5.65. The lowest BCUT2D eigenvalue weighted by Crippen LogP contribution is -2.29. The first-order valence-corrected chi connectivity index (χ1v) is 6.20. The van der Waals surface area contributed by atoms with E-state index < -0.39 is 0 Å². The van der Waals surface area contributed by atoms with Gasteiger partial charge in [0.15, 0.2) is 0 Å². The van der Waals surface area contributed by atoms with Gasteiger partial charge in [-0.25, -0.2) is 9.97 Å². The molecule has 0 spiro atoms. The fourth-order valence-corrected chi connectivity index (χ4v) is 1.66. The highest BCUT2D eigenvalue weighted by Gasteiger charge is 2.11. The highest BCUT2D eigenvalue weighted by molar-refractivity contribution is 5.39. The molecule has 0 saturated heterocycles. The number of nitrogens with two attached hydrogens (primary N) is 1. The Hall–Kier alpha value is -1.16. The maximum absolute atomic E-state index is 5.65. The summed E-state index contributed by atoms with van der Waals surface area (Å²) >= 11 is 0. The Morgan fingerprint density at radius 1 is 1.29 bits per heavy atom. The summed E-state index contributed by atoms with van der Waals surface area (Å²) in [5.74, 6) is 2.72. The molecular formula is C13H24N4. The number of aryl methyl sites for hydroxylation is 1. The molecule has 17 heavy (non-hydrogen) atoms. The SMILES string of the molecule is Cc1cc(N(C)CC(C)CN)nc(C(C)C)n1. The summed E-state index contributed by atoms with van der Waals surface area (Å²) < 4.78 is 0. The molecule has 0 radical (unpaired) electrons. The van der Waals surface area contributed by atoms with Gasteiger partial charge in [0, 0.05) is 31.3 Å². The Bertz CT molecular complexity index is 362. The summed E-state index contributed by atoms with van der Waals surface area (Å²) in [7, 11) is 2.05. The minimum Gasteiger partial charge on any atom is -0.359 e. The molecule has 0 aliphatic heterocycles. The van der Waals surface area contributed by atoms with E-state index in [1.54, 1.807) is 0 Å². The van der Waals surface area contributed by atoms with Crippen molar-refractivity contribution in [3.05, 3.63) is 17.6 Å². The van der Waals surface area contributed by atoms with Crippen LogP contribution in [-0.4, -0.2) is 30.1 Å². The summed E-state index contributed by atoms with van der Waals surface area (Å²) in [4.78, 5) is 11.2. The van der Waals surface area contributed by atoms with E-state index >= 15 is 0 Å². The van der Waals surface area contributed by atoms with Gasteiger partial charge in [0.25, 0.3) is 0 Å². The third kappa shape index (κ3) is 3.97. The van der Waals surface area contributed by atoms with Gasteiger partial charge < -0.3 is 10.6 Å². The molecule has 0 aliphatic rings. The second-order valence-electron chi connectivity index (χ2n) is 5.10. The molecule has 0 bridgehead atoms. The Labute approximate surface area is 104 Å². The molecule has 1 aromatic rings. The van der Waals surface area contributed by atoms with Crippen molar-refractivity contribution in [2.24, 2.45) is 11.7 Å². The van der Waals surface area contributed by atoms with Crippen LogP contribution in [0.15, 0.2) is 6.07 Å². The minimum absolute atomic E-state index is 0.356. The quantitative estimate of drug-likeness (QED) is 0.849. The molecule has 4 heteroatoms. The zero-order valence-corrected chi connectivity index (χ0v) is 11.6. The fraction of sp³-hybridized carbons (Fsp3) is 0.692. The van der Waals surface area contributed by atoms with Crippen LogP contribution in [0.5, 0.6) is 0 Å². The van der Waals surface area contributed by atoms with Crippen molar-refractivity contribution in [1.29, 1.82) is 0 Å². The molecule has 0 saturated carbocycles. The molecule has 0 aromatic carbocycles. The number of hydrogen-bond donors (Lipinski definition) is 1. The molecule has 4 nitrogen and oxygen atoms in total. The van der Waals surface area contributed by atoms with Gasteiger partial charge in [0.2, 0.25) is 0 Å². The number of hydrogen-bond acceptors (Lipinski definition) is 4.